The molecule has 2 aromatic rings. The minimum absolute atomic E-state index is 0.202. The molecule has 5 heteroatoms. The summed E-state index contributed by atoms with van der Waals surface area (Å²) in [5.41, 5.74) is 3.60. The largest absolute Gasteiger partial charge is 0.481 e. The maximum Gasteiger partial charge on any atom is 0.265 e. The number of aryl methyl sites for hydroxylation is 1. The fourth-order valence-corrected chi connectivity index (χ4v) is 3.06. The summed E-state index contributed by atoms with van der Waals surface area (Å²) in [5.74, 6) is 0.360. The molecule has 5 nitrogen and oxygen atoms in total. The lowest BCUT2D eigenvalue weighted by molar-refractivity contribution is -0.122. The van der Waals surface area contributed by atoms with Crippen LogP contribution in [0.1, 0.15) is 30.9 Å². The van der Waals surface area contributed by atoms with Gasteiger partial charge in [-0.25, -0.2) is 0 Å². The Labute approximate surface area is 154 Å². The summed E-state index contributed by atoms with van der Waals surface area (Å²) in [6.07, 6.45) is 1.84. The first kappa shape index (κ1) is 17.8. The number of hydrogen-bond donors (Lipinski definition) is 1. The van der Waals surface area contributed by atoms with Crippen molar-refractivity contribution in [1.29, 1.82) is 5.26 Å². The number of rotatable bonds is 5. The van der Waals surface area contributed by atoms with E-state index in [1.807, 2.05) is 13.0 Å². The van der Waals surface area contributed by atoms with E-state index in [0.717, 1.165) is 24.3 Å². The normalized spacial score (nSPS) is 14.6. The Morgan fingerprint density at radius 3 is 2.50 bits per heavy atom. The van der Waals surface area contributed by atoms with E-state index >= 15 is 0 Å². The van der Waals surface area contributed by atoms with E-state index in [9.17, 15) is 4.79 Å². The van der Waals surface area contributed by atoms with E-state index in [1.54, 1.807) is 31.2 Å². The molecule has 3 rings (SSSR count). The zero-order chi connectivity index (χ0) is 18.5. The molecular weight excluding hydrogens is 326 g/mol. The van der Waals surface area contributed by atoms with Crippen LogP contribution < -0.4 is 15.0 Å². The fourth-order valence-electron chi connectivity index (χ4n) is 3.06. The van der Waals surface area contributed by atoms with Crippen LogP contribution in [0.5, 0.6) is 5.75 Å². The number of nitrogens with zero attached hydrogens (tertiary/aromatic N) is 2. The summed E-state index contributed by atoms with van der Waals surface area (Å²) < 4.78 is 5.66. The van der Waals surface area contributed by atoms with Crippen LogP contribution in [0.15, 0.2) is 42.5 Å². The van der Waals surface area contributed by atoms with Gasteiger partial charge in [-0.2, -0.15) is 5.26 Å². The zero-order valence-corrected chi connectivity index (χ0v) is 15.2. The van der Waals surface area contributed by atoms with Gasteiger partial charge in [0.2, 0.25) is 0 Å². The molecule has 1 amide bonds. The van der Waals surface area contributed by atoms with E-state index in [4.69, 9.17) is 10.00 Å². The summed E-state index contributed by atoms with van der Waals surface area (Å²) in [6.45, 7) is 5.91. The molecule has 0 spiro atoms. The van der Waals surface area contributed by atoms with Crippen LogP contribution in [0.2, 0.25) is 0 Å². The Morgan fingerprint density at radius 1 is 1.19 bits per heavy atom. The van der Waals surface area contributed by atoms with E-state index in [0.29, 0.717) is 11.3 Å². The quantitative estimate of drug-likeness (QED) is 0.890. The van der Waals surface area contributed by atoms with E-state index in [2.05, 4.69) is 28.4 Å². The number of nitriles is 1. The third-order valence-electron chi connectivity index (χ3n) is 4.60. The number of anilines is 2. The summed E-state index contributed by atoms with van der Waals surface area (Å²) >= 11 is 0. The van der Waals surface area contributed by atoms with Crippen molar-refractivity contribution in [3.63, 3.8) is 0 Å². The van der Waals surface area contributed by atoms with Crippen LogP contribution in [0.3, 0.4) is 0 Å². The molecule has 0 radical (unpaired) electrons. The van der Waals surface area contributed by atoms with Crippen LogP contribution in [0.4, 0.5) is 11.4 Å². The predicted molar refractivity (Wildman–Crippen MR) is 103 cm³/mol. The first-order valence-electron chi connectivity index (χ1n) is 8.90. The molecule has 0 bridgehead atoms. The van der Waals surface area contributed by atoms with Gasteiger partial charge in [-0.15, -0.1) is 0 Å². The first-order chi connectivity index (χ1) is 12.6. The first-order valence-corrected chi connectivity index (χ1v) is 8.90. The van der Waals surface area contributed by atoms with Crippen LogP contribution in [0.25, 0.3) is 0 Å². The summed E-state index contributed by atoms with van der Waals surface area (Å²) in [7, 11) is 0. The minimum Gasteiger partial charge on any atom is -0.481 e. The van der Waals surface area contributed by atoms with Crippen molar-refractivity contribution in [1.82, 2.24) is 0 Å². The van der Waals surface area contributed by atoms with Crippen molar-refractivity contribution in [3.05, 3.63) is 53.6 Å². The molecule has 0 saturated carbocycles. The van der Waals surface area contributed by atoms with Crippen molar-refractivity contribution in [3.8, 4) is 11.8 Å². The fraction of sp³-hybridized carbons (Fsp3) is 0.333. The molecule has 0 unspecified atom stereocenters. The molecular formula is C21H23N3O2. The molecule has 0 aromatic heterocycles. The topological polar surface area (TPSA) is 65.4 Å². The highest BCUT2D eigenvalue weighted by Gasteiger charge is 2.17. The third-order valence-corrected chi connectivity index (χ3v) is 4.60. The van der Waals surface area contributed by atoms with Gasteiger partial charge in [-0.3, -0.25) is 4.79 Å². The van der Waals surface area contributed by atoms with Crippen molar-refractivity contribution in [2.24, 2.45) is 0 Å². The number of hydrogen-bond acceptors (Lipinski definition) is 4. The van der Waals surface area contributed by atoms with Crippen LogP contribution >= 0.6 is 0 Å². The molecule has 1 atom stereocenters. The second-order valence-corrected chi connectivity index (χ2v) is 6.58. The smallest absolute Gasteiger partial charge is 0.265 e. The zero-order valence-electron chi connectivity index (χ0n) is 15.2. The Balaban J connectivity index is 1.62. The second kappa shape index (κ2) is 7.92. The molecule has 0 aliphatic carbocycles. The third kappa shape index (κ3) is 4.15. The van der Waals surface area contributed by atoms with Crippen LogP contribution in [-0.4, -0.2) is 25.1 Å². The number of benzene rings is 2. The Hall–Kier alpha value is -3.00. The number of ether oxygens (including phenoxy) is 1. The van der Waals surface area contributed by atoms with Crippen molar-refractivity contribution < 1.29 is 9.53 Å². The highest BCUT2D eigenvalue weighted by atomic mass is 16.5. The van der Waals surface area contributed by atoms with Crippen molar-refractivity contribution in [2.45, 2.75) is 32.8 Å². The van der Waals surface area contributed by atoms with Gasteiger partial charge in [0, 0.05) is 24.5 Å². The van der Waals surface area contributed by atoms with Gasteiger partial charge >= 0.3 is 0 Å². The second-order valence-electron chi connectivity index (χ2n) is 6.58. The van der Waals surface area contributed by atoms with Gasteiger partial charge in [-0.05, 0) is 74.7 Å². The SMILES string of the molecule is Cc1cc(N2CCCC2)ccc1NC(=O)[C@@H](C)Oc1ccc(C#N)cc1. The molecule has 2 aromatic carbocycles. The number of nitrogens with one attached hydrogen (secondary N) is 1. The highest BCUT2D eigenvalue weighted by Crippen LogP contribution is 2.25. The average molecular weight is 349 g/mol. The molecule has 1 aliphatic heterocycles. The van der Waals surface area contributed by atoms with Gasteiger partial charge in [0.05, 0.1) is 11.6 Å². The highest BCUT2D eigenvalue weighted by molar-refractivity contribution is 5.95. The molecule has 1 heterocycles. The molecule has 134 valence electrons. The number of amides is 1. The monoisotopic (exact) mass is 349 g/mol. The number of carbonyl (C=O) groups excluding carboxylic acids is 1. The van der Waals surface area contributed by atoms with Gasteiger partial charge in [0.1, 0.15) is 5.75 Å². The maximum absolute atomic E-state index is 12.4. The number of carbonyl (C=O) groups is 1. The molecule has 1 N–H and O–H groups in total. The summed E-state index contributed by atoms with van der Waals surface area (Å²) in [5, 5.41) is 11.8. The lowest BCUT2D eigenvalue weighted by Gasteiger charge is -2.20. The Bertz CT molecular complexity index is 818. The van der Waals surface area contributed by atoms with Gasteiger partial charge < -0.3 is 15.0 Å². The lowest BCUT2D eigenvalue weighted by Crippen LogP contribution is -2.30. The molecule has 26 heavy (non-hydrogen) atoms. The van der Waals surface area contributed by atoms with Crippen molar-refractivity contribution >= 4 is 17.3 Å². The summed E-state index contributed by atoms with van der Waals surface area (Å²) in [6, 6.07) is 14.9. The maximum atomic E-state index is 12.4. The lowest BCUT2D eigenvalue weighted by atomic mass is 10.1. The van der Waals surface area contributed by atoms with E-state index < -0.39 is 6.10 Å². The minimum atomic E-state index is -0.638. The van der Waals surface area contributed by atoms with E-state index in [-0.39, 0.29) is 5.91 Å². The molecule has 1 aliphatic rings. The van der Waals surface area contributed by atoms with Gasteiger partial charge in [-0.1, -0.05) is 0 Å². The van der Waals surface area contributed by atoms with Gasteiger partial charge in [0.15, 0.2) is 6.10 Å². The van der Waals surface area contributed by atoms with Crippen LogP contribution in [-0.2, 0) is 4.79 Å². The summed E-state index contributed by atoms with van der Waals surface area (Å²) in [4.78, 5) is 14.8. The van der Waals surface area contributed by atoms with E-state index in [1.165, 1.54) is 18.5 Å². The average Bonchev–Trinajstić information content (AvgIpc) is 3.18. The Kier molecular flexibility index (Phi) is 5.43. The molecule has 1 fully saturated rings. The predicted octanol–water partition coefficient (Wildman–Crippen LogP) is 3.87. The van der Waals surface area contributed by atoms with Crippen molar-refractivity contribution in [2.75, 3.05) is 23.3 Å². The molecule has 1 saturated heterocycles. The standard InChI is InChI=1S/C21H23N3O2/c1-15-13-18(24-11-3-4-12-24)7-10-20(15)23-21(25)16(2)26-19-8-5-17(14-22)6-9-19/h5-10,13,16H,3-4,11-12H2,1-2H3,(H,23,25)/t16-/m1/s1. The van der Waals surface area contributed by atoms with Crippen LogP contribution in [0, 0.1) is 18.3 Å². The van der Waals surface area contributed by atoms with Gasteiger partial charge in [0.25, 0.3) is 5.91 Å². The Morgan fingerprint density at radius 2 is 1.88 bits per heavy atom.